The van der Waals surface area contributed by atoms with E-state index < -0.39 is 16.8 Å². The molecule has 0 aromatic carbocycles. The number of anilines is 2. The van der Waals surface area contributed by atoms with Crippen LogP contribution in [-0.4, -0.2) is 80.7 Å². The summed E-state index contributed by atoms with van der Waals surface area (Å²) in [4.78, 5) is 54.3. The molecule has 3 atom stereocenters. The Morgan fingerprint density at radius 2 is 1.11 bits per heavy atom. The van der Waals surface area contributed by atoms with Crippen LogP contribution in [0.4, 0.5) is 24.4 Å². The molecular weight excluding hydrogens is 743 g/mol. The van der Waals surface area contributed by atoms with Gasteiger partial charge in [-0.2, -0.15) is 10.5 Å². The normalized spacial score (nSPS) is 19.6. The molecule has 0 aliphatic carbocycles. The highest BCUT2D eigenvalue weighted by atomic mass is 32.1. The van der Waals surface area contributed by atoms with Crippen molar-refractivity contribution in [3.05, 3.63) is 32.0 Å². The molecule has 3 aliphatic rings. The van der Waals surface area contributed by atoms with E-state index in [1.54, 1.807) is 14.7 Å². The van der Waals surface area contributed by atoms with Crippen molar-refractivity contribution in [3.8, 4) is 12.1 Å². The molecular formula is C39H57N7O7S2. The summed E-state index contributed by atoms with van der Waals surface area (Å²) in [6.07, 6.45) is 1.23. The van der Waals surface area contributed by atoms with E-state index in [4.69, 9.17) is 36.2 Å². The minimum atomic E-state index is -0.511. The van der Waals surface area contributed by atoms with Crippen LogP contribution in [0.2, 0.25) is 0 Å². The number of nitriles is 2. The minimum absolute atomic E-state index is 0.00144. The molecule has 0 bridgehead atoms. The third kappa shape index (κ3) is 12.0. The van der Waals surface area contributed by atoms with E-state index in [0.717, 1.165) is 20.9 Å². The summed E-state index contributed by atoms with van der Waals surface area (Å²) in [5, 5.41) is 19.4. The molecule has 2 aromatic rings. The molecule has 1 fully saturated rings. The summed E-state index contributed by atoms with van der Waals surface area (Å²) < 4.78 is 16.1. The highest BCUT2D eigenvalue weighted by Crippen LogP contribution is 2.41. The topological polar surface area (TPSA) is 205 Å². The number of Topliss-reactive ketones (excluding diaryl/α,β-unsaturated/α-hetero) is 1. The predicted octanol–water partition coefficient (Wildman–Crippen LogP) is 7.91. The summed E-state index contributed by atoms with van der Waals surface area (Å²) in [5.41, 5.74) is 13.4. The molecule has 0 radical (unpaired) electrons. The van der Waals surface area contributed by atoms with Crippen LogP contribution in [0.25, 0.3) is 0 Å². The van der Waals surface area contributed by atoms with E-state index in [-0.39, 0.29) is 42.2 Å². The Labute approximate surface area is 333 Å². The number of amides is 3. The number of fused-ring (bicyclic) bond motifs is 2. The fraction of sp³-hybridized carbons (Fsp3) is 0.641. The Hall–Kier alpha value is -4.54. The van der Waals surface area contributed by atoms with E-state index in [1.807, 2.05) is 83.1 Å². The van der Waals surface area contributed by atoms with Crippen molar-refractivity contribution in [2.45, 2.75) is 150 Å². The molecule has 3 aliphatic heterocycles. The van der Waals surface area contributed by atoms with E-state index in [2.05, 4.69) is 12.1 Å². The molecule has 4 N–H and O–H groups in total. The molecule has 0 spiro atoms. The monoisotopic (exact) mass is 799 g/mol. The lowest BCUT2D eigenvalue weighted by Crippen LogP contribution is -2.46. The second kappa shape index (κ2) is 17.5. The van der Waals surface area contributed by atoms with Gasteiger partial charge in [-0.3, -0.25) is 4.79 Å². The van der Waals surface area contributed by atoms with Gasteiger partial charge in [0.15, 0.2) is 0 Å². The quantitative estimate of drug-likeness (QED) is 0.245. The highest BCUT2D eigenvalue weighted by Gasteiger charge is 2.36. The number of ether oxygens (including phenoxy) is 3. The van der Waals surface area contributed by atoms with Crippen molar-refractivity contribution in [2.24, 2.45) is 0 Å². The van der Waals surface area contributed by atoms with Gasteiger partial charge in [-0.05, 0) is 107 Å². The van der Waals surface area contributed by atoms with E-state index in [9.17, 15) is 19.2 Å². The third-order valence-electron chi connectivity index (χ3n) is 8.77. The van der Waals surface area contributed by atoms with Crippen molar-refractivity contribution >= 4 is 56.7 Å². The molecule has 55 heavy (non-hydrogen) atoms. The van der Waals surface area contributed by atoms with Gasteiger partial charge in [0.25, 0.3) is 0 Å². The Balaban J connectivity index is 0.000000224. The van der Waals surface area contributed by atoms with Gasteiger partial charge in [0.1, 0.15) is 44.7 Å². The Kier molecular flexibility index (Phi) is 14.3. The van der Waals surface area contributed by atoms with Gasteiger partial charge in [0.2, 0.25) is 0 Å². The molecule has 16 heteroatoms. The maximum atomic E-state index is 12.2. The lowest BCUT2D eigenvalue weighted by molar-refractivity contribution is -0.122. The number of ketones is 1. The Morgan fingerprint density at radius 3 is 1.60 bits per heavy atom. The summed E-state index contributed by atoms with van der Waals surface area (Å²) in [6, 6.07) is 4.16. The largest absolute Gasteiger partial charge is 0.444 e. The number of likely N-dealkylation sites (tertiary alicyclic amines) is 1. The molecule has 0 saturated carbocycles. The van der Waals surface area contributed by atoms with Crippen LogP contribution in [0.15, 0.2) is 0 Å². The first-order chi connectivity index (χ1) is 25.3. The molecule has 3 amide bonds. The molecule has 5 rings (SSSR count). The zero-order chi connectivity index (χ0) is 41.8. The maximum absolute atomic E-state index is 12.2. The summed E-state index contributed by atoms with van der Waals surface area (Å²) >= 11 is 2.78. The zero-order valence-electron chi connectivity index (χ0n) is 34.2. The van der Waals surface area contributed by atoms with Crippen LogP contribution in [0.3, 0.4) is 0 Å². The Morgan fingerprint density at radius 1 is 0.673 bits per heavy atom. The van der Waals surface area contributed by atoms with Gasteiger partial charge >= 0.3 is 18.3 Å². The predicted molar refractivity (Wildman–Crippen MR) is 214 cm³/mol. The van der Waals surface area contributed by atoms with Gasteiger partial charge in [0, 0.05) is 47.8 Å². The molecule has 2 aromatic heterocycles. The first-order valence-corrected chi connectivity index (χ1v) is 20.0. The van der Waals surface area contributed by atoms with Crippen molar-refractivity contribution in [1.82, 2.24) is 14.7 Å². The van der Waals surface area contributed by atoms with Crippen LogP contribution in [0.1, 0.15) is 134 Å². The number of hydrogen-bond acceptors (Lipinski definition) is 13. The standard InChI is InChI=1S/2C14H19N3O2S.C11H19NO3/c1-8-5-9-10(6-15)12(16)20-11(9)7-17(8)13(18)19-14(2,3)4;1-8-11-9(10(7-15)12(16)20-11)5-6-17(8)13(18)19-14(2,3)4;1-8-7-9(13)5-6-12(8)10(14)15-11(2,3)4/h8H,5,7,16H2,1-4H3;8H,5-6,16H2,1-4H3;8H,5-7H2,1-4H3/t3*8-/m111/s1. The number of carbonyl (C=O) groups excluding carboxylic acids is 4. The van der Waals surface area contributed by atoms with Crippen molar-refractivity contribution in [1.29, 1.82) is 10.5 Å². The molecule has 302 valence electrons. The Bertz CT molecular complexity index is 1810. The average Bonchev–Trinajstić information content (AvgIpc) is 3.52. The number of nitrogen functional groups attached to an aromatic ring is 2. The molecule has 5 heterocycles. The number of piperidine rings is 1. The fourth-order valence-electron chi connectivity index (χ4n) is 6.23. The number of carbonyl (C=O) groups is 4. The average molecular weight is 800 g/mol. The second-order valence-electron chi connectivity index (χ2n) is 16.9. The van der Waals surface area contributed by atoms with Gasteiger partial charge in [-0.15, -0.1) is 22.7 Å². The van der Waals surface area contributed by atoms with Crippen LogP contribution in [0, 0.1) is 22.7 Å². The highest BCUT2D eigenvalue weighted by molar-refractivity contribution is 7.16. The number of nitrogens with two attached hydrogens (primary N) is 2. The number of thiophene rings is 2. The van der Waals surface area contributed by atoms with E-state index in [1.165, 1.54) is 22.7 Å². The van der Waals surface area contributed by atoms with Crippen LogP contribution < -0.4 is 11.5 Å². The van der Waals surface area contributed by atoms with E-state index >= 15 is 0 Å². The first-order valence-electron chi connectivity index (χ1n) is 18.4. The zero-order valence-corrected chi connectivity index (χ0v) is 35.9. The van der Waals surface area contributed by atoms with Crippen molar-refractivity contribution in [2.75, 3.05) is 24.6 Å². The minimum Gasteiger partial charge on any atom is -0.444 e. The molecule has 0 unspecified atom stereocenters. The third-order valence-corrected chi connectivity index (χ3v) is 11.1. The van der Waals surface area contributed by atoms with Gasteiger partial charge < -0.3 is 40.4 Å². The number of hydrogen-bond donors (Lipinski definition) is 2. The van der Waals surface area contributed by atoms with Crippen molar-refractivity contribution < 1.29 is 33.4 Å². The summed E-state index contributed by atoms with van der Waals surface area (Å²) in [5.74, 6) is 0.224. The van der Waals surface area contributed by atoms with E-state index in [0.29, 0.717) is 66.4 Å². The van der Waals surface area contributed by atoms with Crippen LogP contribution >= 0.6 is 22.7 Å². The maximum Gasteiger partial charge on any atom is 0.410 e. The number of nitrogens with zero attached hydrogens (tertiary/aromatic N) is 5. The SMILES string of the molecule is C[C@@H]1CC(=O)CCN1C(=O)OC(C)(C)C.C[C@@H]1Cc2c(sc(N)c2C#N)CN1C(=O)OC(C)(C)C.C[C@@H]1c2sc(N)c(C#N)c2CCN1C(=O)OC(C)(C)C. The lowest BCUT2D eigenvalue weighted by Gasteiger charge is -2.34. The smallest absolute Gasteiger partial charge is 0.410 e. The van der Waals surface area contributed by atoms with Gasteiger partial charge in [-0.1, -0.05) is 0 Å². The lowest BCUT2D eigenvalue weighted by atomic mass is 9.98. The summed E-state index contributed by atoms with van der Waals surface area (Å²) in [6.45, 7) is 23.9. The fourth-order valence-corrected chi connectivity index (χ4v) is 8.41. The second-order valence-corrected chi connectivity index (χ2v) is 19.1. The first kappa shape index (κ1) is 44.9. The number of rotatable bonds is 0. The van der Waals surface area contributed by atoms with Crippen molar-refractivity contribution in [3.63, 3.8) is 0 Å². The van der Waals surface area contributed by atoms with Gasteiger partial charge in [0.05, 0.1) is 23.7 Å². The summed E-state index contributed by atoms with van der Waals surface area (Å²) in [7, 11) is 0. The molecule has 14 nitrogen and oxygen atoms in total. The van der Waals surface area contributed by atoms with Crippen LogP contribution in [0.5, 0.6) is 0 Å². The van der Waals surface area contributed by atoms with Crippen LogP contribution in [-0.2, 0) is 38.4 Å². The molecule has 1 saturated heterocycles. The van der Waals surface area contributed by atoms with Gasteiger partial charge in [-0.25, -0.2) is 14.4 Å².